The van der Waals surface area contributed by atoms with Gasteiger partial charge in [0.05, 0.1) is 0 Å². The summed E-state index contributed by atoms with van der Waals surface area (Å²) in [5.41, 5.74) is 0.822. The molecule has 4 heteroatoms. The van der Waals surface area contributed by atoms with E-state index in [-0.39, 0.29) is 0 Å². The Morgan fingerprint density at radius 2 is 2.11 bits per heavy atom. The third-order valence-electron chi connectivity index (χ3n) is 1.00. The van der Waals surface area contributed by atoms with Gasteiger partial charge in [0.2, 0.25) is 6.39 Å². The van der Waals surface area contributed by atoms with Gasteiger partial charge in [0.1, 0.15) is 0 Å². The molecule has 0 spiro atoms. The zero-order valence-electron chi connectivity index (χ0n) is 5.88. The summed E-state index contributed by atoms with van der Waals surface area (Å²) < 4.78 is 5.04. The molecule has 0 amide bonds. The maximum absolute atomic E-state index is 5.04. The lowest BCUT2D eigenvalue weighted by Crippen LogP contribution is -2.38. The summed E-state index contributed by atoms with van der Waals surface area (Å²) >= 11 is 0. The number of rotatable bonds is 1. The largest absolute Gasteiger partial charge is 0.433 e. The molecule has 0 unspecified atom stereocenters. The number of hydrogen-bond acceptors (Lipinski definition) is 3. The summed E-state index contributed by atoms with van der Waals surface area (Å²) in [6, 6.07) is 0. The minimum Gasteiger partial charge on any atom is -0.433 e. The fourth-order valence-electron chi connectivity index (χ4n) is 0.500. The lowest BCUT2D eigenvalue weighted by Gasteiger charge is -2.06. The summed E-state index contributed by atoms with van der Waals surface area (Å²) in [5.74, 6) is 0. The number of hydrogen-bond donors (Lipinski definition) is 0. The SMILES string of the molecule is C[Si](C)(C)c1nnco1. The molecule has 1 rings (SSSR count). The van der Waals surface area contributed by atoms with Gasteiger partial charge in [-0.1, -0.05) is 19.6 Å². The highest BCUT2D eigenvalue weighted by atomic mass is 28.3. The van der Waals surface area contributed by atoms with Crippen LogP contribution >= 0.6 is 0 Å². The third kappa shape index (κ3) is 1.38. The molecule has 1 aromatic heterocycles. The number of aromatic nitrogens is 2. The summed E-state index contributed by atoms with van der Waals surface area (Å²) in [6.45, 7) is 6.50. The van der Waals surface area contributed by atoms with Crippen molar-refractivity contribution in [3.8, 4) is 0 Å². The molecule has 0 saturated carbocycles. The number of nitrogens with zero attached hydrogens (tertiary/aromatic N) is 2. The van der Waals surface area contributed by atoms with Crippen molar-refractivity contribution >= 4 is 13.6 Å². The molecule has 0 saturated heterocycles. The van der Waals surface area contributed by atoms with Crippen molar-refractivity contribution in [3.63, 3.8) is 0 Å². The van der Waals surface area contributed by atoms with Gasteiger partial charge in [0, 0.05) is 0 Å². The van der Waals surface area contributed by atoms with Gasteiger partial charge in [-0.15, -0.1) is 10.2 Å². The highest BCUT2D eigenvalue weighted by Crippen LogP contribution is 1.97. The van der Waals surface area contributed by atoms with Crippen LogP contribution in [0.4, 0.5) is 0 Å². The maximum atomic E-state index is 5.04. The van der Waals surface area contributed by atoms with Crippen LogP contribution in [0.1, 0.15) is 0 Å². The molecule has 1 heterocycles. The molecule has 0 fully saturated rings. The monoisotopic (exact) mass is 142 g/mol. The Hall–Kier alpha value is -0.643. The van der Waals surface area contributed by atoms with Crippen LogP contribution in [0.3, 0.4) is 0 Å². The molecular formula is C5H10N2OSi. The summed E-state index contributed by atoms with van der Waals surface area (Å²) in [7, 11) is -1.32. The van der Waals surface area contributed by atoms with E-state index in [1.165, 1.54) is 6.39 Å². The predicted octanol–water partition coefficient (Wildman–Crippen LogP) is 0.615. The van der Waals surface area contributed by atoms with Gasteiger partial charge in [-0.25, -0.2) is 0 Å². The molecule has 50 valence electrons. The predicted molar refractivity (Wildman–Crippen MR) is 37.3 cm³/mol. The van der Waals surface area contributed by atoms with Crippen molar-refractivity contribution in [1.82, 2.24) is 10.2 Å². The first kappa shape index (κ1) is 6.48. The fourth-order valence-corrected chi connectivity index (χ4v) is 1.26. The molecule has 9 heavy (non-hydrogen) atoms. The Morgan fingerprint density at radius 3 is 2.33 bits per heavy atom. The first-order valence-corrected chi connectivity index (χ1v) is 6.37. The first-order valence-electron chi connectivity index (χ1n) is 2.87. The molecule has 1 aromatic rings. The average molecular weight is 142 g/mol. The zero-order valence-corrected chi connectivity index (χ0v) is 6.88. The topological polar surface area (TPSA) is 38.9 Å². The first-order chi connectivity index (χ1) is 4.11. The van der Waals surface area contributed by atoms with E-state index in [4.69, 9.17) is 4.42 Å². The van der Waals surface area contributed by atoms with Gasteiger partial charge in [-0.3, -0.25) is 0 Å². The Balaban J connectivity index is 2.90. The molecule has 0 aliphatic carbocycles. The smallest absolute Gasteiger partial charge is 0.203 e. The van der Waals surface area contributed by atoms with Crippen molar-refractivity contribution in [2.75, 3.05) is 0 Å². The van der Waals surface area contributed by atoms with Gasteiger partial charge < -0.3 is 4.42 Å². The van der Waals surface area contributed by atoms with E-state index < -0.39 is 8.07 Å². The Morgan fingerprint density at radius 1 is 1.44 bits per heavy atom. The highest BCUT2D eigenvalue weighted by molar-refractivity contribution is 6.87. The average Bonchev–Trinajstić information content (AvgIpc) is 2.08. The van der Waals surface area contributed by atoms with Gasteiger partial charge in [0.25, 0.3) is 0 Å². The van der Waals surface area contributed by atoms with E-state index >= 15 is 0 Å². The highest BCUT2D eigenvalue weighted by Gasteiger charge is 2.21. The Kier molecular flexibility index (Phi) is 1.40. The second-order valence-corrected chi connectivity index (χ2v) is 7.92. The van der Waals surface area contributed by atoms with Crippen LogP contribution in [0.15, 0.2) is 10.8 Å². The lowest BCUT2D eigenvalue weighted by molar-refractivity contribution is 0.584. The van der Waals surface area contributed by atoms with Crippen molar-refractivity contribution in [2.45, 2.75) is 19.6 Å². The van der Waals surface area contributed by atoms with E-state index in [9.17, 15) is 0 Å². The molecule has 0 atom stereocenters. The van der Waals surface area contributed by atoms with Crippen LogP contribution in [0, 0.1) is 0 Å². The maximum Gasteiger partial charge on any atom is 0.203 e. The Labute approximate surface area is 55.1 Å². The molecular weight excluding hydrogens is 132 g/mol. The minimum absolute atomic E-state index is 0.822. The van der Waals surface area contributed by atoms with Gasteiger partial charge in [0.15, 0.2) is 13.6 Å². The third-order valence-corrected chi connectivity index (χ3v) is 2.50. The van der Waals surface area contributed by atoms with Crippen LogP contribution in [-0.4, -0.2) is 18.3 Å². The van der Waals surface area contributed by atoms with E-state index in [1.807, 2.05) is 0 Å². The van der Waals surface area contributed by atoms with E-state index in [1.54, 1.807) is 0 Å². The van der Waals surface area contributed by atoms with E-state index in [0.717, 1.165) is 5.51 Å². The normalized spacial score (nSPS) is 11.9. The van der Waals surface area contributed by atoms with Crippen LogP contribution in [0.2, 0.25) is 19.6 Å². The van der Waals surface area contributed by atoms with Gasteiger partial charge >= 0.3 is 0 Å². The second-order valence-electron chi connectivity index (χ2n) is 2.99. The second kappa shape index (κ2) is 1.95. The molecule has 0 N–H and O–H groups in total. The fraction of sp³-hybridized carbons (Fsp3) is 0.600. The molecule has 3 nitrogen and oxygen atoms in total. The standard InChI is InChI=1S/C5H10N2OSi/c1-9(2,3)5-7-6-4-8-5/h4H,1-3H3. The molecule has 0 aliphatic heterocycles. The van der Waals surface area contributed by atoms with Crippen LogP contribution < -0.4 is 5.51 Å². The molecule has 0 aliphatic rings. The van der Waals surface area contributed by atoms with E-state index in [2.05, 4.69) is 29.8 Å². The van der Waals surface area contributed by atoms with Crippen molar-refractivity contribution in [1.29, 1.82) is 0 Å². The zero-order chi connectivity index (χ0) is 6.91. The summed E-state index contributed by atoms with van der Waals surface area (Å²) in [5, 5.41) is 7.44. The quantitative estimate of drug-likeness (QED) is 0.539. The summed E-state index contributed by atoms with van der Waals surface area (Å²) in [6.07, 6.45) is 1.38. The Bertz CT molecular complexity index is 177. The lowest BCUT2D eigenvalue weighted by atomic mass is 11.5. The van der Waals surface area contributed by atoms with Crippen molar-refractivity contribution in [3.05, 3.63) is 6.39 Å². The van der Waals surface area contributed by atoms with Crippen molar-refractivity contribution in [2.24, 2.45) is 0 Å². The van der Waals surface area contributed by atoms with Crippen LogP contribution in [-0.2, 0) is 0 Å². The van der Waals surface area contributed by atoms with Gasteiger partial charge in [-0.05, 0) is 0 Å². The van der Waals surface area contributed by atoms with Crippen molar-refractivity contribution < 1.29 is 4.42 Å². The molecule has 0 bridgehead atoms. The summed E-state index contributed by atoms with van der Waals surface area (Å²) in [4.78, 5) is 0. The molecule has 0 aromatic carbocycles. The van der Waals surface area contributed by atoms with Gasteiger partial charge in [-0.2, -0.15) is 0 Å². The van der Waals surface area contributed by atoms with Crippen LogP contribution in [0.25, 0.3) is 0 Å². The minimum atomic E-state index is -1.32. The van der Waals surface area contributed by atoms with Crippen LogP contribution in [0.5, 0.6) is 0 Å². The van der Waals surface area contributed by atoms with E-state index in [0.29, 0.717) is 0 Å². The molecule has 0 radical (unpaired) electrons.